The molecule has 0 spiro atoms. The van der Waals surface area contributed by atoms with Gasteiger partial charge in [-0.05, 0) is 19.3 Å². The highest BCUT2D eigenvalue weighted by atomic mass is 32.1. The average Bonchev–Trinajstić information content (AvgIpc) is 3.07. The first-order valence-electron chi connectivity index (χ1n) is 8.53. The normalized spacial score (nSPS) is 14.7. The zero-order valence-corrected chi connectivity index (χ0v) is 14.9. The predicted octanol–water partition coefficient (Wildman–Crippen LogP) is 1.87. The van der Waals surface area contributed by atoms with Crippen LogP contribution in [0, 0.1) is 0 Å². The first-order valence-corrected chi connectivity index (χ1v) is 9.41. The Labute approximate surface area is 150 Å². The van der Waals surface area contributed by atoms with Gasteiger partial charge in [0, 0.05) is 24.4 Å². The van der Waals surface area contributed by atoms with E-state index in [1.54, 1.807) is 0 Å². The Morgan fingerprint density at radius 2 is 1.96 bits per heavy atom. The van der Waals surface area contributed by atoms with Crippen LogP contribution in [-0.4, -0.2) is 40.6 Å². The summed E-state index contributed by atoms with van der Waals surface area (Å²) < 4.78 is 0. The lowest BCUT2D eigenvalue weighted by Crippen LogP contribution is -2.43. The lowest BCUT2D eigenvalue weighted by molar-refractivity contribution is -0.121. The number of rotatable bonds is 8. The Kier molecular flexibility index (Phi) is 7.65. The Hall–Kier alpha value is -2.16. The zero-order valence-electron chi connectivity index (χ0n) is 14.0. The van der Waals surface area contributed by atoms with Crippen LogP contribution in [0.5, 0.6) is 0 Å². The van der Waals surface area contributed by atoms with Gasteiger partial charge in [0.25, 0.3) is 0 Å². The van der Waals surface area contributed by atoms with Crippen LogP contribution in [-0.2, 0) is 11.3 Å². The molecule has 2 rings (SSSR count). The topological polar surface area (TPSA) is 120 Å². The van der Waals surface area contributed by atoms with Crippen molar-refractivity contribution in [3.8, 4) is 0 Å². The minimum atomic E-state index is -1.08. The van der Waals surface area contributed by atoms with Crippen LogP contribution in [0.1, 0.15) is 60.4 Å². The van der Waals surface area contributed by atoms with Gasteiger partial charge < -0.3 is 21.1 Å². The molecule has 138 valence electrons. The van der Waals surface area contributed by atoms with E-state index in [-0.39, 0.29) is 30.2 Å². The highest BCUT2D eigenvalue weighted by Gasteiger charge is 2.15. The van der Waals surface area contributed by atoms with Gasteiger partial charge in [-0.2, -0.15) is 0 Å². The maximum atomic E-state index is 11.7. The molecule has 0 aromatic carbocycles. The number of carbonyl (C=O) groups is 3. The van der Waals surface area contributed by atoms with E-state index in [1.807, 2.05) is 0 Å². The van der Waals surface area contributed by atoms with Crippen molar-refractivity contribution < 1.29 is 19.5 Å². The molecule has 1 heterocycles. The van der Waals surface area contributed by atoms with Gasteiger partial charge >= 0.3 is 12.0 Å². The quantitative estimate of drug-likeness (QED) is 0.522. The second-order valence-electron chi connectivity index (χ2n) is 6.05. The molecule has 0 radical (unpaired) electrons. The fraction of sp³-hybridized carbons (Fsp3) is 0.625. The second kappa shape index (κ2) is 9.97. The lowest BCUT2D eigenvalue weighted by atomic mass is 9.96. The Morgan fingerprint density at radius 1 is 1.20 bits per heavy atom. The molecule has 0 saturated heterocycles. The van der Waals surface area contributed by atoms with Gasteiger partial charge in [-0.3, -0.25) is 4.79 Å². The molecule has 1 aromatic rings. The fourth-order valence-corrected chi connectivity index (χ4v) is 3.39. The van der Waals surface area contributed by atoms with E-state index in [9.17, 15) is 14.4 Å². The number of aromatic carboxylic acids is 1. The molecular weight excluding hydrogens is 344 g/mol. The van der Waals surface area contributed by atoms with Crippen LogP contribution >= 0.6 is 11.3 Å². The van der Waals surface area contributed by atoms with Gasteiger partial charge in [0.15, 0.2) is 5.69 Å². The minimum Gasteiger partial charge on any atom is -0.476 e. The molecule has 0 aliphatic heterocycles. The summed E-state index contributed by atoms with van der Waals surface area (Å²) in [4.78, 5) is 38.1. The van der Waals surface area contributed by atoms with E-state index in [4.69, 9.17) is 5.11 Å². The Morgan fingerprint density at radius 3 is 2.64 bits per heavy atom. The van der Waals surface area contributed by atoms with Crippen molar-refractivity contribution in [2.45, 2.75) is 57.5 Å². The number of nitrogens with zero attached hydrogens (tertiary/aromatic N) is 1. The Bertz CT molecular complexity index is 599. The molecule has 1 aliphatic rings. The first-order chi connectivity index (χ1) is 12.0. The second-order valence-corrected chi connectivity index (χ2v) is 6.99. The van der Waals surface area contributed by atoms with Crippen molar-refractivity contribution in [1.29, 1.82) is 0 Å². The number of nitrogens with one attached hydrogen (secondary N) is 3. The van der Waals surface area contributed by atoms with Gasteiger partial charge in [-0.15, -0.1) is 11.3 Å². The van der Waals surface area contributed by atoms with Crippen LogP contribution in [0.3, 0.4) is 0 Å². The molecule has 1 aromatic heterocycles. The summed E-state index contributed by atoms with van der Waals surface area (Å²) in [5.41, 5.74) is -0.0116. The summed E-state index contributed by atoms with van der Waals surface area (Å²) >= 11 is 1.20. The summed E-state index contributed by atoms with van der Waals surface area (Å²) in [7, 11) is 0. The molecule has 4 N–H and O–H groups in total. The van der Waals surface area contributed by atoms with E-state index in [1.165, 1.54) is 23.1 Å². The van der Waals surface area contributed by atoms with Crippen molar-refractivity contribution >= 4 is 29.2 Å². The summed E-state index contributed by atoms with van der Waals surface area (Å²) in [5, 5.41) is 19.2. The molecule has 8 nitrogen and oxygen atoms in total. The van der Waals surface area contributed by atoms with Gasteiger partial charge in [0.2, 0.25) is 5.91 Å². The number of carboxylic acid groups (broad SMARTS) is 1. The molecule has 1 aliphatic carbocycles. The summed E-state index contributed by atoms with van der Waals surface area (Å²) in [5.74, 6) is -1.23. The third kappa shape index (κ3) is 7.08. The number of hydrogen-bond donors (Lipinski definition) is 4. The van der Waals surface area contributed by atoms with Crippen LogP contribution in [0.2, 0.25) is 0 Å². The molecule has 1 saturated carbocycles. The molecule has 9 heteroatoms. The highest BCUT2D eigenvalue weighted by molar-refractivity contribution is 7.09. The number of carbonyl (C=O) groups excluding carboxylic acids is 2. The average molecular weight is 368 g/mol. The molecule has 1 fully saturated rings. The molecule has 0 unspecified atom stereocenters. The van der Waals surface area contributed by atoms with E-state index in [2.05, 4.69) is 20.9 Å². The monoisotopic (exact) mass is 368 g/mol. The zero-order chi connectivity index (χ0) is 18.1. The van der Waals surface area contributed by atoms with Crippen molar-refractivity contribution in [3.05, 3.63) is 16.1 Å². The van der Waals surface area contributed by atoms with Gasteiger partial charge in [-0.25, -0.2) is 14.6 Å². The van der Waals surface area contributed by atoms with Gasteiger partial charge in [-0.1, -0.05) is 19.3 Å². The third-order valence-electron chi connectivity index (χ3n) is 4.01. The van der Waals surface area contributed by atoms with Crippen molar-refractivity contribution in [3.63, 3.8) is 0 Å². The summed E-state index contributed by atoms with van der Waals surface area (Å²) in [6, 6.07) is 0.0994. The van der Waals surface area contributed by atoms with Crippen LogP contribution < -0.4 is 16.0 Å². The molecule has 0 atom stereocenters. The van der Waals surface area contributed by atoms with Gasteiger partial charge in [0.1, 0.15) is 5.01 Å². The van der Waals surface area contributed by atoms with E-state index >= 15 is 0 Å². The first kappa shape index (κ1) is 19.2. The standard InChI is InChI=1S/C16H24N4O4S/c21-13(18-9-14-20-12(10-25-14)15(22)23)7-4-8-17-16(24)19-11-5-2-1-3-6-11/h10-11H,1-9H2,(H,18,21)(H,22,23)(H2,17,19,24). The van der Waals surface area contributed by atoms with E-state index in [0.29, 0.717) is 24.4 Å². The minimum absolute atomic E-state index is 0.0116. The van der Waals surface area contributed by atoms with Crippen LogP contribution in [0.25, 0.3) is 0 Å². The van der Waals surface area contributed by atoms with Crippen LogP contribution in [0.15, 0.2) is 5.38 Å². The van der Waals surface area contributed by atoms with Crippen molar-refractivity contribution in [1.82, 2.24) is 20.9 Å². The number of thiazole rings is 1. The number of urea groups is 1. The number of aromatic nitrogens is 1. The number of carboxylic acids is 1. The van der Waals surface area contributed by atoms with Crippen molar-refractivity contribution in [2.75, 3.05) is 6.54 Å². The fourth-order valence-electron chi connectivity index (χ4n) is 2.69. The maximum absolute atomic E-state index is 11.7. The lowest BCUT2D eigenvalue weighted by Gasteiger charge is -2.22. The largest absolute Gasteiger partial charge is 0.476 e. The summed E-state index contributed by atoms with van der Waals surface area (Å²) in [6.07, 6.45) is 6.49. The van der Waals surface area contributed by atoms with Crippen LogP contribution in [0.4, 0.5) is 4.79 Å². The third-order valence-corrected chi connectivity index (χ3v) is 4.86. The van der Waals surface area contributed by atoms with Crippen molar-refractivity contribution in [2.24, 2.45) is 0 Å². The van der Waals surface area contributed by atoms with E-state index < -0.39 is 5.97 Å². The molecule has 25 heavy (non-hydrogen) atoms. The van der Waals surface area contributed by atoms with E-state index in [0.717, 1.165) is 25.7 Å². The summed E-state index contributed by atoms with van der Waals surface area (Å²) in [6.45, 7) is 0.652. The predicted molar refractivity (Wildman–Crippen MR) is 93.6 cm³/mol. The Balaban J connectivity index is 1.54. The molecule has 0 bridgehead atoms. The maximum Gasteiger partial charge on any atom is 0.355 e. The number of amides is 3. The number of hydrogen-bond acceptors (Lipinski definition) is 5. The SMILES string of the molecule is O=C(CCCNC(=O)NC1CCCCC1)NCc1nc(C(=O)O)cs1. The van der Waals surface area contributed by atoms with Gasteiger partial charge in [0.05, 0.1) is 6.54 Å². The molecular formula is C16H24N4O4S. The smallest absolute Gasteiger partial charge is 0.355 e. The highest BCUT2D eigenvalue weighted by Crippen LogP contribution is 2.17. The molecule has 3 amide bonds.